The number of fused-ring (bicyclic) bond motifs is 1. The van der Waals surface area contributed by atoms with Crippen LogP contribution in [0.5, 0.6) is 0 Å². The van der Waals surface area contributed by atoms with Crippen LogP contribution in [0, 0.1) is 5.92 Å². The number of nitrogens with zero attached hydrogens (tertiary/aromatic N) is 2. The van der Waals surface area contributed by atoms with Gasteiger partial charge in [-0.15, -0.1) is 0 Å². The standard InChI is InChI=1S/C13H17N3O3S/c1-19-12(18)10-6-14-13(20-10)16-5-4-9-8(7-16)2-3-11(17)15-9/h6,8-9H,2-5,7H2,1H3,(H,15,17). The van der Waals surface area contributed by atoms with Crippen LogP contribution in [0.2, 0.25) is 0 Å². The zero-order valence-corrected chi connectivity index (χ0v) is 12.1. The first kappa shape index (κ1) is 13.4. The highest BCUT2D eigenvalue weighted by atomic mass is 32.1. The topological polar surface area (TPSA) is 71.5 Å². The molecule has 0 radical (unpaired) electrons. The molecular weight excluding hydrogens is 278 g/mol. The highest BCUT2D eigenvalue weighted by Crippen LogP contribution is 2.31. The number of esters is 1. The number of nitrogens with one attached hydrogen (secondary N) is 1. The molecule has 0 saturated carbocycles. The Kier molecular flexibility index (Phi) is 3.60. The number of aromatic nitrogens is 1. The molecule has 2 unspecified atom stereocenters. The molecule has 2 aliphatic heterocycles. The Balaban J connectivity index is 1.68. The number of rotatable bonds is 2. The van der Waals surface area contributed by atoms with E-state index >= 15 is 0 Å². The molecule has 1 aromatic heterocycles. The molecule has 108 valence electrons. The van der Waals surface area contributed by atoms with Crippen molar-refractivity contribution in [3.8, 4) is 0 Å². The summed E-state index contributed by atoms with van der Waals surface area (Å²) in [6.45, 7) is 1.74. The summed E-state index contributed by atoms with van der Waals surface area (Å²) >= 11 is 1.36. The summed E-state index contributed by atoms with van der Waals surface area (Å²) in [4.78, 5) is 29.9. The lowest BCUT2D eigenvalue weighted by Crippen LogP contribution is -2.54. The summed E-state index contributed by atoms with van der Waals surface area (Å²) in [6.07, 6.45) is 4.05. The van der Waals surface area contributed by atoms with Gasteiger partial charge in [-0.25, -0.2) is 9.78 Å². The van der Waals surface area contributed by atoms with Crippen molar-refractivity contribution in [2.45, 2.75) is 25.3 Å². The number of amides is 1. The van der Waals surface area contributed by atoms with Gasteiger partial charge >= 0.3 is 5.97 Å². The van der Waals surface area contributed by atoms with Crippen molar-refractivity contribution in [1.29, 1.82) is 0 Å². The molecule has 1 aromatic rings. The lowest BCUT2D eigenvalue weighted by Gasteiger charge is -2.41. The van der Waals surface area contributed by atoms with E-state index in [0.29, 0.717) is 23.3 Å². The van der Waals surface area contributed by atoms with Gasteiger partial charge in [-0.2, -0.15) is 0 Å². The fraction of sp³-hybridized carbons (Fsp3) is 0.615. The van der Waals surface area contributed by atoms with Gasteiger partial charge < -0.3 is 15.0 Å². The number of hydrogen-bond acceptors (Lipinski definition) is 6. The number of hydrogen-bond donors (Lipinski definition) is 1. The maximum Gasteiger partial charge on any atom is 0.349 e. The quantitative estimate of drug-likeness (QED) is 0.825. The summed E-state index contributed by atoms with van der Waals surface area (Å²) in [5.41, 5.74) is 0. The van der Waals surface area contributed by atoms with Crippen molar-refractivity contribution in [3.05, 3.63) is 11.1 Å². The second-order valence-corrected chi connectivity index (χ2v) is 6.22. The van der Waals surface area contributed by atoms with Gasteiger partial charge in [0.05, 0.1) is 13.3 Å². The number of methoxy groups -OCH3 is 1. The molecule has 3 heterocycles. The maximum absolute atomic E-state index is 11.5. The Morgan fingerprint density at radius 3 is 3.20 bits per heavy atom. The van der Waals surface area contributed by atoms with Gasteiger partial charge in [-0.3, -0.25) is 4.79 Å². The van der Waals surface area contributed by atoms with Gasteiger partial charge in [0.15, 0.2) is 5.13 Å². The zero-order chi connectivity index (χ0) is 14.1. The number of thiazole rings is 1. The number of carbonyl (C=O) groups excluding carboxylic acids is 2. The molecule has 0 aromatic carbocycles. The van der Waals surface area contributed by atoms with Crippen LogP contribution in [0.25, 0.3) is 0 Å². The van der Waals surface area contributed by atoms with Crippen LogP contribution in [-0.2, 0) is 9.53 Å². The van der Waals surface area contributed by atoms with Crippen LogP contribution in [-0.4, -0.2) is 43.1 Å². The smallest absolute Gasteiger partial charge is 0.349 e. The number of anilines is 1. The second-order valence-electron chi connectivity index (χ2n) is 5.21. The Morgan fingerprint density at radius 2 is 2.40 bits per heavy atom. The molecule has 0 aliphatic carbocycles. The molecular formula is C13H17N3O3S. The van der Waals surface area contributed by atoms with Crippen molar-refractivity contribution in [2.75, 3.05) is 25.1 Å². The maximum atomic E-state index is 11.5. The molecule has 6 nitrogen and oxygen atoms in total. The Bertz CT molecular complexity index is 531. The molecule has 20 heavy (non-hydrogen) atoms. The number of ether oxygens (including phenoxy) is 1. The van der Waals surface area contributed by atoms with Gasteiger partial charge in [0, 0.05) is 25.6 Å². The molecule has 2 fully saturated rings. The Hall–Kier alpha value is -1.63. The average Bonchev–Trinajstić information content (AvgIpc) is 2.95. The minimum Gasteiger partial charge on any atom is -0.465 e. The van der Waals surface area contributed by atoms with E-state index < -0.39 is 0 Å². The fourth-order valence-electron chi connectivity index (χ4n) is 2.89. The van der Waals surface area contributed by atoms with Gasteiger partial charge in [-0.1, -0.05) is 11.3 Å². The predicted octanol–water partition coefficient (Wildman–Crippen LogP) is 1.03. The number of piperidine rings is 2. The summed E-state index contributed by atoms with van der Waals surface area (Å²) in [5, 5.41) is 3.93. The molecule has 2 aliphatic rings. The predicted molar refractivity (Wildman–Crippen MR) is 74.9 cm³/mol. The molecule has 2 atom stereocenters. The first-order valence-corrected chi connectivity index (χ1v) is 7.57. The van der Waals surface area contributed by atoms with Crippen LogP contribution < -0.4 is 10.2 Å². The Morgan fingerprint density at radius 1 is 1.55 bits per heavy atom. The minimum absolute atomic E-state index is 0.168. The summed E-state index contributed by atoms with van der Waals surface area (Å²) in [7, 11) is 1.37. The lowest BCUT2D eigenvalue weighted by molar-refractivity contribution is -0.124. The normalized spacial score (nSPS) is 25.9. The van der Waals surface area contributed by atoms with E-state index in [-0.39, 0.29) is 11.9 Å². The van der Waals surface area contributed by atoms with Gasteiger partial charge in [-0.05, 0) is 18.8 Å². The van der Waals surface area contributed by atoms with Crippen LogP contribution in [0.1, 0.15) is 28.9 Å². The minimum atomic E-state index is -0.339. The lowest BCUT2D eigenvalue weighted by atomic mass is 9.85. The van der Waals surface area contributed by atoms with Crippen molar-refractivity contribution in [2.24, 2.45) is 5.92 Å². The molecule has 0 bridgehead atoms. The first-order valence-electron chi connectivity index (χ1n) is 6.76. The zero-order valence-electron chi connectivity index (χ0n) is 11.3. The molecule has 1 amide bonds. The van der Waals surface area contributed by atoms with Crippen molar-refractivity contribution < 1.29 is 14.3 Å². The van der Waals surface area contributed by atoms with Crippen LogP contribution in [0.3, 0.4) is 0 Å². The summed E-state index contributed by atoms with van der Waals surface area (Å²) < 4.78 is 4.70. The molecule has 7 heteroatoms. The van der Waals surface area contributed by atoms with Crippen molar-refractivity contribution in [3.63, 3.8) is 0 Å². The van der Waals surface area contributed by atoms with E-state index in [1.54, 1.807) is 6.20 Å². The number of carbonyl (C=O) groups is 2. The molecule has 1 N–H and O–H groups in total. The van der Waals surface area contributed by atoms with Crippen molar-refractivity contribution in [1.82, 2.24) is 10.3 Å². The molecule has 2 saturated heterocycles. The highest BCUT2D eigenvalue weighted by Gasteiger charge is 2.34. The van der Waals surface area contributed by atoms with E-state index in [9.17, 15) is 9.59 Å². The monoisotopic (exact) mass is 295 g/mol. The van der Waals surface area contributed by atoms with Gasteiger partial charge in [0.25, 0.3) is 0 Å². The van der Waals surface area contributed by atoms with Crippen LogP contribution in [0.15, 0.2) is 6.20 Å². The van der Waals surface area contributed by atoms with Gasteiger partial charge in [0.1, 0.15) is 4.88 Å². The average molecular weight is 295 g/mol. The molecule has 0 spiro atoms. The van der Waals surface area contributed by atoms with E-state index in [2.05, 4.69) is 15.2 Å². The van der Waals surface area contributed by atoms with Crippen LogP contribution >= 0.6 is 11.3 Å². The largest absolute Gasteiger partial charge is 0.465 e. The third-order valence-electron chi connectivity index (χ3n) is 3.97. The van der Waals surface area contributed by atoms with Crippen molar-refractivity contribution >= 4 is 28.3 Å². The van der Waals surface area contributed by atoms with E-state index in [1.807, 2.05) is 0 Å². The fourth-order valence-corrected chi connectivity index (χ4v) is 3.76. The summed E-state index contributed by atoms with van der Waals surface area (Å²) in [5.74, 6) is 0.308. The van der Waals surface area contributed by atoms with E-state index in [4.69, 9.17) is 4.74 Å². The SMILES string of the molecule is COC(=O)c1cnc(N2CCC3NC(=O)CCC3C2)s1. The summed E-state index contributed by atoms with van der Waals surface area (Å²) in [6, 6.07) is 0.299. The van der Waals surface area contributed by atoms with E-state index in [1.165, 1.54) is 18.4 Å². The first-order chi connectivity index (χ1) is 9.67. The Labute approximate surface area is 121 Å². The second kappa shape index (κ2) is 5.40. The molecule has 3 rings (SSSR count). The highest BCUT2D eigenvalue weighted by molar-refractivity contribution is 7.17. The third kappa shape index (κ3) is 2.49. The van der Waals surface area contributed by atoms with E-state index in [0.717, 1.165) is 31.1 Å². The van der Waals surface area contributed by atoms with Gasteiger partial charge in [0.2, 0.25) is 5.91 Å². The third-order valence-corrected chi connectivity index (χ3v) is 5.01. The van der Waals surface area contributed by atoms with Crippen LogP contribution in [0.4, 0.5) is 5.13 Å².